The molecular formula is C23H20BrF2NO2S. The predicted molar refractivity (Wildman–Crippen MR) is 116 cm³/mol. The number of benzene rings is 3. The lowest BCUT2D eigenvalue weighted by molar-refractivity contribution is 0.320. The van der Waals surface area contributed by atoms with Crippen LogP contribution in [0, 0.1) is 11.6 Å². The minimum Gasteiger partial charge on any atom is -0.297 e. The van der Waals surface area contributed by atoms with Gasteiger partial charge in [-0.15, -0.1) is 0 Å². The van der Waals surface area contributed by atoms with E-state index in [4.69, 9.17) is 0 Å². The van der Waals surface area contributed by atoms with E-state index in [1.807, 2.05) is 30.3 Å². The van der Waals surface area contributed by atoms with Gasteiger partial charge in [0.1, 0.15) is 16.4 Å². The fourth-order valence-electron chi connectivity index (χ4n) is 4.06. The SMILES string of the molecule is O=S(=O)(c1ccc(F)cc1)C1(c2ccc(Br)c(F)c2)CCN(Cc2ccccc2)C1. The minimum absolute atomic E-state index is 0.0359. The van der Waals surface area contributed by atoms with E-state index in [-0.39, 0.29) is 15.9 Å². The highest BCUT2D eigenvalue weighted by atomic mass is 79.9. The summed E-state index contributed by atoms with van der Waals surface area (Å²) >= 11 is 3.14. The molecule has 0 aliphatic carbocycles. The second-order valence-electron chi connectivity index (χ2n) is 7.53. The van der Waals surface area contributed by atoms with Crippen LogP contribution in [0.4, 0.5) is 8.78 Å². The fourth-order valence-corrected chi connectivity index (χ4v) is 6.41. The van der Waals surface area contributed by atoms with Crippen LogP contribution in [-0.4, -0.2) is 26.4 Å². The van der Waals surface area contributed by atoms with Crippen LogP contribution in [0.3, 0.4) is 0 Å². The van der Waals surface area contributed by atoms with Gasteiger partial charge in [0.25, 0.3) is 0 Å². The van der Waals surface area contributed by atoms with Crippen LogP contribution in [0.2, 0.25) is 0 Å². The smallest absolute Gasteiger partial charge is 0.189 e. The Kier molecular flexibility index (Phi) is 5.79. The molecule has 0 amide bonds. The van der Waals surface area contributed by atoms with Gasteiger partial charge in [-0.25, -0.2) is 17.2 Å². The number of nitrogens with zero attached hydrogens (tertiary/aromatic N) is 1. The van der Waals surface area contributed by atoms with Gasteiger partial charge < -0.3 is 0 Å². The average Bonchev–Trinajstić information content (AvgIpc) is 3.17. The van der Waals surface area contributed by atoms with Gasteiger partial charge in [-0.3, -0.25) is 4.90 Å². The lowest BCUT2D eigenvalue weighted by Gasteiger charge is -2.30. The van der Waals surface area contributed by atoms with Crippen molar-refractivity contribution < 1.29 is 17.2 Å². The first-order valence-corrected chi connectivity index (χ1v) is 11.8. The normalized spacial score (nSPS) is 19.8. The average molecular weight is 492 g/mol. The van der Waals surface area contributed by atoms with Crippen molar-refractivity contribution in [3.05, 3.63) is 100 Å². The molecule has 1 fully saturated rings. The van der Waals surface area contributed by atoms with Crippen molar-refractivity contribution in [3.8, 4) is 0 Å². The number of hydrogen-bond donors (Lipinski definition) is 0. The number of halogens is 3. The monoisotopic (exact) mass is 491 g/mol. The summed E-state index contributed by atoms with van der Waals surface area (Å²) < 4.78 is 54.3. The van der Waals surface area contributed by atoms with E-state index < -0.39 is 26.2 Å². The predicted octanol–water partition coefficient (Wildman–Crippen LogP) is 5.30. The standard InChI is InChI=1S/C23H20BrF2NO2S/c24-21-11-6-18(14-22(21)26)23(30(28,29)20-9-7-19(25)8-10-20)12-13-27(16-23)15-17-4-2-1-3-5-17/h1-11,14H,12-13,15-16H2. The minimum atomic E-state index is -3.92. The third-order valence-electron chi connectivity index (χ3n) is 5.64. The summed E-state index contributed by atoms with van der Waals surface area (Å²) in [6.07, 6.45) is 0.320. The van der Waals surface area contributed by atoms with E-state index >= 15 is 0 Å². The zero-order valence-corrected chi connectivity index (χ0v) is 18.5. The molecule has 1 aliphatic heterocycles. The first kappa shape index (κ1) is 21.2. The van der Waals surface area contributed by atoms with Gasteiger partial charge in [-0.05, 0) is 69.9 Å². The zero-order chi connectivity index (χ0) is 21.4. The molecule has 1 aliphatic rings. The Morgan fingerprint density at radius 2 is 1.67 bits per heavy atom. The number of sulfone groups is 1. The van der Waals surface area contributed by atoms with Gasteiger partial charge >= 0.3 is 0 Å². The molecule has 156 valence electrons. The van der Waals surface area contributed by atoms with Crippen molar-refractivity contribution in [2.45, 2.75) is 22.6 Å². The highest BCUT2D eigenvalue weighted by Gasteiger charge is 2.51. The Bertz CT molecular complexity index is 1150. The summed E-state index contributed by atoms with van der Waals surface area (Å²) in [5.74, 6) is -1.02. The first-order chi connectivity index (χ1) is 14.3. The maximum Gasteiger partial charge on any atom is 0.189 e. The Labute approximate surface area is 183 Å². The van der Waals surface area contributed by atoms with Crippen LogP contribution < -0.4 is 0 Å². The second-order valence-corrected chi connectivity index (χ2v) is 10.6. The molecule has 0 spiro atoms. The topological polar surface area (TPSA) is 37.4 Å². The lowest BCUT2D eigenvalue weighted by Crippen LogP contribution is -2.39. The number of rotatable bonds is 5. The highest BCUT2D eigenvalue weighted by molar-refractivity contribution is 9.10. The van der Waals surface area contributed by atoms with Crippen LogP contribution in [-0.2, 0) is 21.1 Å². The summed E-state index contributed by atoms with van der Waals surface area (Å²) in [5.41, 5.74) is 1.48. The van der Waals surface area contributed by atoms with Crippen molar-refractivity contribution in [2.24, 2.45) is 0 Å². The van der Waals surface area contributed by atoms with Gasteiger partial charge in [-0.1, -0.05) is 36.4 Å². The van der Waals surface area contributed by atoms with Crippen molar-refractivity contribution >= 4 is 25.8 Å². The molecule has 0 saturated carbocycles. The summed E-state index contributed by atoms with van der Waals surface area (Å²) in [6.45, 7) is 1.37. The Balaban J connectivity index is 1.78. The molecule has 3 nitrogen and oxygen atoms in total. The third-order valence-corrected chi connectivity index (χ3v) is 8.78. The molecule has 1 atom stereocenters. The van der Waals surface area contributed by atoms with Gasteiger partial charge in [-0.2, -0.15) is 0 Å². The quantitative estimate of drug-likeness (QED) is 0.454. The third kappa shape index (κ3) is 3.82. The van der Waals surface area contributed by atoms with E-state index in [2.05, 4.69) is 20.8 Å². The van der Waals surface area contributed by atoms with Gasteiger partial charge in [0.15, 0.2) is 9.84 Å². The summed E-state index contributed by atoms with van der Waals surface area (Å²) in [7, 11) is -3.92. The van der Waals surface area contributed by atoms with Crippen molar-refractivity contribution in [2.75, 3.05) is 13.1 Å². The fraction of sp³-hybridized carbons (Fsp3) is 0.217. The molecule has 0 N–H and O–H groups in total. The van der Waals surface area contributed by atoms with Crippen LogP contribution in [0.5, 0.6) is 0 Å². The van der Waals surface area contributed by atoms with Gasteiger partial charge in [0.2, 0.25) is 0 Å². The Morgan fingerprint density at radius 1 is 0.967 bits per heavy atom. The van der Waals surface area contributed by atoms with Crippen molar-refractivity contribution in [1.29, 1.82) is 0 Å². The molecule has 4 rings (SSSR count). The zero-order valence-electron chi connectivity index (χ0n) is 16.1. The Hall–Kier alpha value is -2.09. The van der Waals surface area contributed by atoms with E-state index in [0.29, 0.717) is 25.1 Å². The molecule has 1 saturated heterocycles. The van der Waals surface area contributed by atoms with Crippen LogP contribution in [0.1, 0.15) is 17.5 Å². The summed E-state index contributed by atoms with van der Waals surface area (Å²) in [5, 5.41) is 0. The van der Waals surface area contributed by atoms with Crippen molar-refractivity contribution in [3.63, 3.8) is 0 Å². The molecule has 3 aromatic rings. The molecule has 0 aromatic heterocycles. The number of likely N-dealkylation sites (tertiary alicyclic amines) is 1. The Morgan fingerprint density at radius 3 is 2.33 bits per heavy atom. The molecule has 30 heavy (non-hydrogen) atoms. The van der Waals surface area contributed by atoms with Crippen LogP contribution >= 0.6 is 15.9 Å². The largest absolute Gasteiger partial charge is 0.297 e. The second kappa shape index (κ2) is 8.21. The molecule has 3 aromatic carbocycles. The maximum atomic E-state index is 14.4. The molecule has 1 unspecified atom stereocenters. The van der Waals surface area contributed by atoms with E-state index in [1.54, 1.807) is 6.07 Å². The van der Waals surface area contributed by atoms with Crippen LogP contribution in [0.25, 0.3) is 0 Å². The molecule has 7 heteroatoms. The summed E-state index contributed by atoms with van der Waals surface area (Å²) in [4.78, 5) is 2.10. The molecular weight excluding hydrogens is 472 g/mol. The lowest BCUT2D eigenvalue weighted by atomic mass is 9.97. The maximum absolute atomic E-state index is 14.4. The highest BCUT2D eigenvalue weighted by Crippen LogP contribution is 2.44. The van der Waals surface area contributed by atoms with Gasteiger partial charge in [0.05, 0.1) is 9.37 Å². The van der Waals surface area contributed by atoms with E-state index in [1.165, 1.54) is 24.3 Å². The molecule has 1 heterocycles. The number of hydrogen-bond acceptors (Lipinski definition) is 3. The van der Waals surface area contributed by atoms with Crippen LogP contribution in [0.15, 0.2) is 82.2 Å². The molecule has 0 radical (unpaired) electrons. The molecule has 0 bridgehead atoms. The van der Waals surface area contributed by atoms with Crippen molar-refractivity contribution in [1.82, 2.24) is 4.90 Å². The summed E-state index contributed by atoms with van der Waals surface area (Å²) in [6, 6.07) is 19.1. The van der Waals surface area contributed by atoms with Gasteiger partial charge in [0, 0.05) is 19.6 Å². The van der Waals surface area contributed by atoms with E-state index in [0.717, 1.165) is 17.7 Å². The first-order valence-electron chi connectivity index (χ1n) is 9.54. The van der Waals surface area contributed by atoms with E-state index in [9.17, 15) is 17.2 Å².